The van der Waals surface area contributed by atoms with Crippen LogP contribution in [0, 0.1) is 25.2 Å². The molecule has 0 amide bonds. The zero-order chi connectivity index (χ0) is 11.0. The highest BCUT2D eigenvalue weighted by Crippen LogP contribution is 2.26. The predicted octanol–water partition coefficient (Wildman–Crippen LogP) is 3.38. The number of hydrogen-bond donors (Lipinski definition) is 0. The van der Waals surface area contributed by atoms with Crippen LogP contribution < -0.4 is 0 Å². The van der Waals surface area contributed by atoms with Gasteiger partial charge in [-0.3, -0.25) is 0 Å². The molecule has 0 aliphatic rings. The normalized spacial score (nSPS) is 10.3. The maximum Gasteiger partial charge on any atom is 0.141 e. The summed E-state index contributed by atoms with van der Waals surface area (Å²) in [6.07, 6.45) is 0. The molecule has 74 valence electrons. The summed E-state index contributed by atoms with van der Waals surface area (Å²) in [6, 6.07) is 7.64. The fourth-order valence-corrected chi connectivity index (χ4v) is 1.78. The van der Waals surface area contributed by atoms with Crippen LogP contribution in [-0.4, -0.2) is 4.98 Å². The summed E-state index contributed by atoms with van der Waals surface area (Å²) in [7, 11) is 0. The van der Waals surface area contributed by atoms with Crippen LogP contribution in [0.1, 0.15) is 16.8 Å². The van der Waals surface area contributed by atoms with Crippen LogP contribution >= 0.6 is 11.6 Å². The van der Waals surface area contributed by atoms with Gasteiger partial charge in [0.25, 0.3) is 0 Å². The third kappa shape index (κ3) is 1.55. The first-order chi connectivity index (χ1) is 7.13. The molecule has 0 aliphatic heterocycles. The van der Waals surface area contributed by atoms with Crippen LogP contribution in [0.5, 0.6) is 0 Å². The van der Waals surface area contributed by atoms with Gasteiger partial charge in [-0.2, -0.15) is 5.26 Å². The number of benzene rings is 1. The van der Waals surface area contributed by atoms with Crippen LogP contribution in [0.2, 0.25) is 5.02 Å². The highest BCUT2D eigenvalue weighted by Gasteiger charge is 2.07. The van der Waals surface area contributed by atoms with Crippen molar-refractivity contribution in [2.45, 2.75) is 13.8 Å². The first-order valence-electron chi connectivity index (χ1n) is 4.60. The number of fused-ring (bicyclic) bond motifs is 1. The Morgan fingerprint density at radius 3 is 2.73 bits per heavy atom. The summed E-state index contributed by atoms with van der Waals surface area (Å²) in [6.45, 7) is 3.89. The first kappa shape index (κ1) is 9.95. The standard InChI is InChI=1S/C12H9ClN2/c1-7-5-9(6-14)15-12-8(2)11(13)4-3-10(7)12/h3-5H,1-2H3. The molecular weight excluding hydrogens is 208 g/mol. The van der Waals surface area contributed by atoms with Crippen molar-refractivity contribution < 1.29 is 0 Å². The lowest BCUT2D eigenvalue weighted by atomic mass is 10.1. The van der Waals surface area contributed by atoms with Crippen LogP contribution in [0.25, 0.3) is 10.9 Å². The number of aromatic nitrogens is 1. The van der Waals surface area contributed by atoms with E-state index in [2.05, 4.69) is 11.1 Å². The number of halogens is 1. The van der Waals surface area contributed by atoms with E-state index in [0.29, 0.717) is 10.7 Å². The second-order valence-electron chi connectivity index (χ2n) is 3.50. The second kappa shape index (κ2) is 3.52. The smallest absolute Gasteiger partial charge is 0.141 e. The third-order valence-electron chi connectivity index (χ3n) is 2.49. The van der Waals surface area contributed by atoms with Crippen molar-refractivity contribution in [3.63, 3.8) is 0 Å². The fourth-order valence-electron chi connectivity index (χ4n) is 1.63. The Kier molecular flexibility index (Phi) is 2.34. The average molecular weight is 217 g/mol. The van der Waals surface area contributed by atoms with E-state index in [1.807, 2.05) is 26.0 Å². The molecule has 2 nitrogen and oxygen atoms in total. The highest BCUT2D eigenvalue weighted by atomic mass is 35.5. The summed E-state index contributed by atoms with van der Waals surface area (Å²) in [5, 5.41) is 10.6. The number of pyridine rings is 1. The van der Waals surface area contributed by atoms with Crippen molar-refractivity contribution in [1.29, 1.82) is 5.26 Å². The second-order valence-corrected chi connectivity index (χ2v) is 3.91. The number of hydrogen-bond acceptors (Lipinski definition) is 2. The minimum Gasteiger partial charge on any atom is -0.237 e. The molecule has 0 spiro atoms. The molecular formula is C12H9ClN2. The van der Waals surface area contributed by atoms with Gasteiger partial charge in [-0.15, -0.1) is 0 Å². The Morgan fingerprint density at radius 2 is 2.07 bits per heavy atom. The van der Waals surface area contributed by atoms with Crippen molar-refractivity contribution in [3.8, 4) is 6.07 Å². The molecule has 1 aromatic carbocycles. The van der Waals surface area contributed by atoms with E-state index in [0.717, 1.165) is 22.0 Å². The SMILES string of the molecule is Cc1cc(C#N)nc2c(C)c(Cl)ccc12. The largest absolute Gasteiger partial charge is 0.237 e. The van der Waals surface area contributed by atoms with Crippen LogP contribution in [0.15, 0.2) is 18.2 Å². The van der Waals surface area contributed by atoms with Crippen molar-refractivity contribution in [2.24, 2.45) is 0 Å². The van der Waals surface area contributed by atoms with Gasteiger partial charge in [-0.05, 0) is 37.1 Å². The van der Waals surface area contributed by atoms with Gasteiger partial charge < -0.3 is 0 Å². The molecule has 0 unspecified atom stereocenters. The van der Waals surface area contributed by atoms with Crippen molar-refractivity contribution in [2.75, 3.05) is 0 Å². The molecule has 2 aromatic rings. The van der Waals surface area contributed by atoms with Gasteiger partial charge in [0, 0.05) is 10.4 Å². The molecule has 0 saturated carbocycles. The molecule has 0 N–H and O–H groups in total. The summed E-state index contributed by atoms with van der Waals surface area (Å²) in [5.41, 5.74) is 3.23. The minimum absolute atomic E-state index is 0.436. The van der Waals surface area contributed by atoms with E-state index >= 15 is 0 Å². The molecule has 1 aromatic heterocycles. The van der Waals surface area contributed by atoms with Gasteiger partial charge in [0.2, 0.25) is 0 Å². The van der Waals surface area contributed by atoms with Crippen LogP contribution in [0.4, 0.5) is 0 Å². The maximum atomic E-state index is 8.84. The van der Waals surface area contributed by atoms with E-state index in [-0.39, 0.29) is 0 Å². The van der Waals surface area contributed by atoms with Gasteiger partial charge in [0.15, 0.2) is 0 Å². The molecule has 0 fully saturated rings. The van der Waals surface area contributed by atoms with E-state index in [1.54, 1.807) is 6.07 Å². The van der Waals surface area contributed by atoms with E-state index < -0.39 is 0 Å². The fraction of sp³-hybridized carbons (Fsp3) is 0.167. The number of rotatable bonds is 0. The lowest BCUT2D eigenvalue weighted by Gasteiger charge is -2.06. The number of aryl methyl sites for hydroxylation is 2. The third-order valence-corrected chi connectivity index (χ3v) is 2.90. The molecule has 15 heavy (non-hydrogen) atoms. The Morgan fingerprint density at radius 1 is 1.33 bits per heavy atom. The quantitative estimate of drug-likeness (QED) is 0.677. The summed E-state index contributed by atoms with van der Waals surface area (Å²) >= 11 is 6.01. The Bertz CT molecular complexity index is 582. The minimum atomic E-state index is 0.436. The zero-order valence-electron chi connectivity index (χ0n) is 8.50. The van der Waals surface area contributed by atoms with Crippen molar-refractivity contribution in [1.82, 2.24) is 4.98 Å². The Balaban J connectivity index is 2.94. The molecule has 1 heterocycles. The molecule has 2 rings (SSSR count). The Hall–Kier alpha value is -1.59. The summed E-state index contributed by atoms with van der Waals surface area (Å²) in [5.74, 6) is 0. The Labute approximate surface area is 93.1 Å². The predicted molar refractivity (Wildman–Crippen MR) is 60.9 cm³/mol. The number of nitriles is 1. The molecule has 0 radical (unpaired) electrons. The molecule has 0 atom stereocenters. The van der Waals surface area contributed by atoms with E-state index in [4.69, 9.17) is 16.9 Å². The van der Waals surface area contributed by atoms with Crippen LogP contribution in [-0.2, 0) is 0 Å². The van der Waals surface area contributed by atoms with Gasteiger partial charge in [-0.1, -0.05) is 17.7 Å². The number of nitrogens with zero attached hydrogens (tertiary/aromatic N) is 2. The molecule has 3 heteroatoms. The van der Waals surface area contributed by atoms with E-state index in [9.17, 15) is 0 Å². The van der Waals surface area contributed by atoms with Gasteiger partial charge >= 0.3 is 0 Å². The highest BCUT2D eigenvalue weighted by molar-refractivity contribution is 6.32. The van der Waals surface area contributed by atoms with Crippen LogP contribution in [0.3, 0.4) is 0 Å². The van der Waals surface area contributed by atoms with Crippen molar-refractivity contribution in [3.05, 3.63) is 40.0 Å². The summed E-state index contributed by atoms with van der Waals surface area (Å²) < 4.78 is 0. The lowest BCUT2D eigenvalue weighted by Crippen LogP contribution is -1.91. The monoisotopic (exact) mass is 216 g/mol. The van der Waals surface area contributed by atoms with Crippen molar-refractivity contribution >= 4 is 22.5 Å². The lowest BCUT2D eigenvalue weighted by molar-refractivity contribution is 1.28. The van der Waals surface area contributed by atoms with Gasteiger partial charge in [0.05, 0.1) is 5.52 Å². The van der Waals surface area contributed by atoms with E-state index in [1.165, 1.54) is 0 Å². The molecule has 0 bridgehead atoms. The van der Waals surface area contributed by atoms with Gasteiger partial charge in [-0.25, -0.2) is 4.98 Å². The maximum absolute atomic E-state index is 8.84. The van der Waals surface area contributed by atoms with Gasteiger partial charge in [0.1, 0.15) is 11.8 Å². The zero-order valence-corrected chi connectivity index (χ0v) is 9.26. The molecule has 0 saturated heterocycles. The molecule has 0 aliphatic carbocycles. The average Bonchev–Trinajstić information content (AvgIpc) is 2.23. The summed E-state index contributed by atoms with van der Waals surface area (Å²) in [4.78, 5) is 4.27. The topological polar surface area (TPSA) is 36.7 Å². The first-order valence-corrected chi connectivity index (χ1v) is 4.98.